The normalized spacial score (nSPS) is 22.8. The summed E-state index contributed by atoms with van der Waals surface area (Å²) in [5.74, 6) is 1.69. The Balaban J connectivity index is -0.000000164. The number of halogens is 1. The molecule has 0 amide bonds. The Bertz CT molecular complexity index is 154. The van der Waals surface area contributed by atoms with Crippen LogP contribution >= 0.6 is 22.6 Å². The number of rotatable bonds is 2. The molecule has 0 bridgehead atoms. The van der Waals surface area contributed by atoms with Gasteiger partial charge >= 0.3 is 51.4 Å². The second-order valence-corrected chi connectivity index (χ2v) is 6.35. The molecule has 120 valence electrons. The molecule has 0 aromatic heterocycles. The first kappa shape index (κ1) is 29.4. The first-order chi connectivity index (χ1) is 8.24. The maximum absolute atomic E-state index is 4.27. The van der Waals surface area contributed by atoms with E-state index in [4.69, 9.17) is 0 Å². The molecule has 1 saturated carbocycles. The van der Waals surface area contributed by atoms with Crippen molar-refractivity contribution in [2.45, 2.75) is 78.1 Å². The molecule has 0 saturated heterocycles. The van der Waals surface area contributed by atoms with Crippen LogP contribution in [0, 0.1) is 26.2 Å². The average Bonchev–Trinajstić information content (AvgIpc) is 2.37. The predicted molar refractivity (Wildman–Crippen MR) is 95.2 cm³/mol. The molecule has 0 radical (unpaired) electrons. The van der Waals surface area contributed by atoms with Gasteiger partial charge in [-0.05, 0) is 12.3 Å². The Hall–Kier alpha value is 1.37. The molecule has 1 fully saturated rings. The third kappa shape index (κ3) is 19.4. The minimum Gasteiger partial charge on any atom is -0.358 e. The fourth-order valence-corrected chi connectivity index (χ4v) is 3.04. The van der Waals surface area contributed by atoms with Crippen molar-refractivity contribution in [2.24, 2.45) is 11.8 Å². The van der Waals surface area contributed by atoms with E-state index in [2.05, 4.69) is 43.4 Å². The largest absolute Gasteiger partial charge is 1.00 e. The molecule has 0 spiro atoms. The third-order valence-corrected chi connectivity index (χ3v) is 4.86. The van der Waals surface area contributed by atoms with Crippen molar-refractivity contribution in [2.75, 3.05) is 4.43 Å². The fourth-order valence-electron chi connectivity index (χ4n) is 2.24. The Labute approximate surface area is 180 Å². The Morgan fingerprint density at radius 1 is 0.950 bits per heavy atom. The summed E-state index contributed by atoms with van der Waals surface area (Å²) in [5.41, 5.74) is 0. The molecule has 0 heterocycles. The molecule has 0 aromatic rings. The minimum absolute atomic E-state index is 0. The van der Waals surface area contributed by atoms with Gasteiger partial charge in [-0.15, -0.1) is 0 Å². The third-order valence-electron chi connectivity index (χ3n) is 3.61. The van der Waals surface area contributed by atoms with Crippen LogP contribution in [0.15, 0.2) is 0 Å². The molecule has 1 aliphatic rings. The second kappa shape index (κ2) is 22.6. The van der Waals surface area contributed by atoms with Crippen LogP contribution in [0.2, 0.25) is 0 Å². The van der Waals surface area contributed by atoms with Gasteiger partial charge in [-0.3, -0.25) is 0 Å². The molecule has 0 aromatic carbocycles. The van der Waals surface area contributed by atoms with Crippen LogP contribution in [-0.4, -0.2) is 4.43 Å². The molecular formula is C17H35CmIK-. The van der Waals surface area contributed by atoms with Crippen LogP contribution in [0.5, 0.6) is 0 Å². The predicted octanol–water partition coefficient (Wildman–Crippen LogP) is 3.88. The molecule has 0 N–H and O–H groups in total. The quantitative estimate of drug-likeness (QED) is 0.184. The fraction of sp³-hybridized carbons (Fsp3) is 0.882. The Morgan fingerprint density at radius 3 is 1.85 bits per heavy atom. The van der Waals surface area contributed by atoms with Gasteiger partial charge in [0.25, 0.3) is 0 Å². The van der Waals surface area contributed by atoms with E-state index in [1.54, 1.807) is 0 Å². The summed E-state index contributed by atoms with van der Waals surface area (Å²) in [6, 6.07) is 0. The summed E-state index contributed by atoms with van der Waals surface area (Å²) in [5, 5.41) is 0. The van der Waals surface area contributed by atoms with Gasteiger partial charge in [0.1, 0.15) is 0 Å². The number of hydrogen-bond acceptors (Lipinski definition) is 0. The van der Waals surface area contributed by atoms with E-state index >= 15 is 0 Å². The van der Waals surface area contributed by atoms with Crippen LogP contribution in [0.3, 0.4) is 0 Å². The first-order valence-corrected chi connectivity index (χ1v) is 9.16. The maximum atomic E-state index is 4.27. The summed E-state index contributed by atoms with van der Waals surface area (Å²) in [6.45, 7) is 8.63. The van der Waals surface area contributed by atoms with Crippen molar-refractivity contribution < 1.29 is 51.4 Å². The molecule has 1 aliphatic carbocycles. The first-order valence-electron chi connectivity index (χ1n) is 7.63. The van der Waals surface area contributed by atoms with Gasteiger partial charge in [0, 0.05) is 4.43 Å². The topological polar surface area (TPSA) is 0 Å². The smallest absolute Gasteiger partial charge is 0.358 e. The average molecular weight is 652 g/mol. The number of unbranched alkanes of at least 4 members (excludes halogenated alkanes) is 1. The van der Waals surface area contributed by atoms with E-state index in [0.29, 0.717) is 0 Å². The van der Waals surface area contributed by atoms with Gasteiger partial charge in [-0.2, -0.15) is 5.92 Å². The van der Waals surface area contributed by atoms with E-state index < -0.39 is 0 Å². The van der Waals surface area contributed by atoms with Crippen LogP contribution in [-0.2, 0) is 0 Å². The van der Waals surface area contributed by atoms with Gasteiger partial charge in [-0.1, -0.05) is 94.2 Å². The molecule has 2 unspecified atom stereocenters. The van der Waals surface area contributed by atoms with Gasteiger partial charge in [0.2, 0.25) is 0 Å². The Morgan fingerprint density at radius 2 is 1.40 bits per heavy atom. The van der Waals surface area contributed by atoms with E-state index in [-0.39, 0.29) is 58.8 Å². The summed E-state index contributed by atoms with van der Waals surface area (Å²) < 4.78 is 1.34. The van der Waals surface area contributed by atoms with Crippen molar-refractivity contribution in [1.29, 1.82) is 0 Å². The summed E-state index contributed by atoms with van der Waals surface area (Å²) in [7, 11) is 0. The summed E-state index contributed by atoms with van der Waals surface area (Å²) in [6.07, 6.45) is 14.1. The van der Waals surface area contributed by atoms with Crippen molar-refractivity contribution in [3.8, 4) is 0 Å². The van der Waals surface area contributed by atoms with Crippen molar-refractivity contribution >= 4 is 22.6 Å². The molecular weight excluding hydrogens is 617 g/mol. The monoisotopic (exact) mass is 648 g/mol. The van der Waals surface area contributed by atoms with Crippen LogP contribution in [0.25, 0.3) is 0 Å². The van der Waals surface area contributed by atoms with Crippen molar-refractivity contribution in [3.05, 3.63) is 14.4 Å². The molecule has 3 heteroatoms. The van der Waals surface area contributed by atoms with Gasteiger partial charge in [-0.25, -0.2) is 0 Å². The Kier molecular flexibility index (Phi) is 33.3. The second-order valence-electron chi connectivity index (χ2n) is 5.47. The summed E-state index contributed by atoms with van der Waals surface area (Å²) >= 11 is 2.54. The van der Waals surface area contributed by atoms with Gasteiger partial charge in [0.05, 0.1) is 0 Å². The maximum Gasteiger partial charge on any atom is 1.00 e. The zero-order chi connectivity index (χ0) is 12.9. The summed E-state index contributed by atoms with van der Waals surface area (Å²) in [4.78, 5) is 0. The standard InChI is InChI=1S/C12H22I.C4H10.CH3.Cm.K/c1-11-7-5-3-2-4-6-8-12(9-11)10-13;1-3-4-2;;;/h11-12H,1-10H2;3-4H2,1-2H3;1H3;;/q-1;;-1;;+1. The van der Waals surface area contributed by atoms with Crippen molar-refractivity contribution in [1.82, 2.24) is 0 Å². The molecule has 2 atom stereocenters. The number of alkyl halides is 1. The van der Waals surface area contributed by atoms with E-state index in [9.17, 15) is 0 Å². The molecule has 20 heavy (non-hydrogen) atoms. The minimum atomic E-state index is 0. The molecule has 1 rings (SSSR count). The van der Waals surface area contributed by atoms with Gasteiger partial charge < -0.3 is 14.4 Å². The SMILES string of the molecule is CCCC.[CH2-]C1CCCCCCCC(CI)C1.[CH3-].[Cm].[K+]. The molecule has 0 aliphatic heterocycles. The van der Waals surface area contributed by atoms with Crippen LogP contribution < -0.4 is 51.4 Å². The van der Waals surface area contributed by atoms with Crippen LogP contribution in [0.1, 0.15) is 78.1 Å². The van der Waals surface area contributed by atoms with E-state index in [1.165, 1.54) is 68.6 Å². The van der Waals surface area contributed by atoms with E-state index in [0.717, 1.165) is 11.8 Å². The van der Waals surface area contributed by atoms with Crippen molar-refractivity contribution in [3.63, 3.8) is 0 Å². The van der Waals surface area contributed by atoms with E-state index in [1.807, 2.05) is 0 Å². The number of hydrogen-bond donors (Lipinski definition) is 0. The van der Waals surface area contributed by atoms with Crippen LogP contribution in [0.4, 0.5) is 0 Å². The van der Waals surface area contributed by atoms with Gasteiger partial charge in [0.15, 0.2) is 0 Å². The molecule has 0 nitrogen and oxygen atoms in total. The zero-order valence-corrected chi connectivity index (χ0v) is 22.6. The zero-order valence-electron chi connectivity index (χ0n) is 14.4.